The van der Waals surface area contributed by atoms with Crippen LogP contribution < -0.4 is 16.0 Å². The quantitative estimate of drug-likeness (QED) is 0.715. The molecule has 0 saturated heterocycles. The first-order valence-corrected chi connectivity index (χ1v) is 7.32. The number of hydrogen-bond donors (Lipinski definition) is 2. The van der Waals surface area contributed by atoms with Crippen LogP contribution in [-0.2, 0) is 4.79 Å². The summed E-state index contributed by atoms with van der Waals surface area (Å²) in [4.78, 5) is 13.9. The summed E-state index contributed by atoms with van der Waals surface area (Å²) in [5, 5.41) is 2.94. The molecule has 2 unspecified atom stereocenters. The fraction of sp³-hybridized carbons (Fsp3) is 0.562. The van der Waals surface area contributed by atoms with Gasteiger partial charge in [-0.2, -0.15) is 0 Å². The third kappa shape index (κ3) is 5.61. The van der Waals surface area contributed by atoms with Crippen molar-refractivity contribution in [1.82, 2.24) is 5.32 Å². The number of carbonyl (C=O) groups excluding carboxylic acids is 1. The van der Waals surface area contributed by atoms with Gasteiger partial charge in [-0.25, -0.2) is 0 Å². The molecule has 3 N–H and O–H groups in total. The summed E-state index contributed by atoms with van der Waals surface area (Å²) >= 11 is 0. The van der Waals surface area contributed by atoms with E-state index in [2.05, 4.69) is 29.4 Å². The largest absolute Gasteiger partial charge is 0.375 e. The van der Waals surface area contributed by atoms with Crippen LogP contribution in [-0.4, -0.2) is 32.1 Å². The van der Waals surface area contributed by atoms with Gasteiger partial charge in [-0.3, -0.25) is 4.79 Å². The Kier molecular flexibility index (Phi) is 7.09. The maximum atomic E-state index is 11.7. The third-order valence-electron chi connectivity index (χ3n) is 3.62. The number of rotatable bonds is 8. The second-order valence-corrected chi connectivity index (χ2v) is 5.40. The van der Waals surface area contributed by atoms with Gasteiger partial charge >= 0.3 is 0 Å². The van der Waals surface area contributed by atoms with Gasteiger partial charge in [0.25, 0.3) is 0 Å². The van der Waals surface area contributed by atoms with Crippen molar-refractivity contribution in [3.05, 3.63) is 30.3 Å². The van der Waals surface area contributed by atoms with Crippen molar-refractivity contribution in [2.45, 2.75) is 32.7 Å². The van der Waals surface area contributed by atoms with Crippen molar-refractivity contribution in [3.63, 3.8) is 0 Å². The number of nitrogens with two attached hydrogens (primary N) is 1. The average molecular weight is 277 g/mol. The summed E-state index contributed by atoms with van der Waals surface area (Å²) in [6.07, 6.45) is 2.03. The molecule has 1 rings (SSSR count). The van der Waals surface area contributed by atoms with Crippen LogP contribution in [0, 0.1) is 5.92 Å². The predicted octanol–water partition coefficient (Wildman–Crippen LogP) is 2.00. The molecule has 1 aromatic rings. The lowest BCUT2D eigenvalue weighted by Gasteiger charge is -2.19. The number of para-hydroxylation sites is 1. The van der Waals surface area contributed by atoms with Crippen LogP contribution in [0.2, 0.25) is 0 Å². The molecule has 0 fully saturated rings. The van der Waals surface area contributed by atoms with Crippen LogP contribution >= 0.6 is 0 Å². The highest BCUT2D eigenvalue weighted by atomic mass is 16.1. The molecule has 0 spiro atoms. The zero-order valence-electron chi connectivity index (χ0n) is 12.8. The van der Waals surface area contributed by atoms with Crippen LogP contribution in [0.25, 0.3) is 0 Å². The zero-order valence-corrected chi connectivity index (χ0v) is 12.8. The van der Waals surface area contributed by atoms with E-state index >= 15 is 0 Å². The number of anilines is 1. The molecule has 0 aliphatic rings. The average Bonchev–Trinajstić information content (AvgIpc) is 2.46. The van der Waals surface area contributed by atoms with Crippen LogP contribution in [0.3, 0.4) is 0 Å². The van der Waals surface area contributed by atoms with Gasteiger partial charge in [-0.15, -0.1) is 0 Å². The summed E-state index contributed by atoms with van der Waals surface area (Å²) in [6, 6.07) is 10.2. The molecule has 0 aliphatic carbocycles. The Balaban J connectivity index is 2.15. The molecule has 2 atom stereocenters. The van der Waals surface area contributed by atoms with Crippen molar-refractivity contribution >= 4 is 11.6 Å². The Labute approximate surface area is 122 Å². The molecular weight excluding hydrogens is 250 g/mol. The van der Waals surface area contributed by atoms with Gasteiger partial charge < -0.3 is 16.0 Å². The third-order valence-corrected chi connectivity index (χ3v) is 3.62. The Bertz CT molecular complexity index is 392. The molecule has 0 radical (unpaired) electrons. The highest BCUT2D eigenvalue weighted by Crippen LogP contribution is 2.11. The number of hydrogen-bond acceptors (Lipinski definition) is 3. The summed E-state index contributed by atoms with van der Waals surface area (Å²) < 4.78 is 0. The SMILES string of the molecule is CC(N)C(C)C(=O)NCCCCN(C)c1ccccc1. The Morgan fingerprint density at radius 2 is 1.90 bits per heavy atom. The van der Waals surface area contributed by atoms with Crippen LogP contribution in [0.4, 0.5) is 5.69 Å². The summed E-state index contributed by atoms with van der Waals surface area (Å²) in [6.45, 7) is 5.43. The monoisotopic (exact) mass is 277 g/mol. The Morgan fingerprint density at radius 1 is 1.25 bits per heavy atom. The van der Waals surface area contributed by atoms with Gasteiger partial charge in [0.15, 0.2) is 0 Å². The fourth-order valence-electron chi connectivity index (χ4n) is 1.90. The van der Waals surface area contributed by atoms with Gasteiger partial charge in [0, 0.05) is 37.8 Å². The lowest BCUT2D eigenvalue weighted by molar-refractivity contribution is -0.124. The second-order valence-electron chi connectivity index (χ2n) is 5.40. The molecule has 0 aromatic heterocycles. The minimum atomic E-state index is -0.123. The fourth-order valence-corrected chi connectivity index (χ4v) is 1.90. The maximum absolute atomic E-state index is 11.7. The second kappa shape index (κ2) is 8.59. The normalized spacial score (nSPS) is 13.6. The number of nitrogens with zero attached hydrogens (tertiary/aromatic N) is 1. The number of amides is 1. The first-order chi connectivity index (χ1) is 9.52. The molecule has 0 aliphatic heterocycles. The molecule has 1 amide bonds. The minimum absolute atomic E-state index is 0.0522. The lowest BCUT2D eigenvalue weighted by atomic mass is 10.0. The Morgan fingerprint density at radius 3 is 2.50 bits per heavy atom. The number of carbonyl (C=O) groups is 1. The summed E-state index contributed by atoms with van der Waals surface area (Å²) in [5.74, 6) is -0.0709. The van der Waals surface area contributed by atoms with Crippen LogP contribution in [0.5, 0.6) is 0 Å². The molecule has 0 saturated carbocycles. The summed E-state index contributed by atoms with van der Waals surface area (Å²) in [5.41, 5.74) is 6.93. The van der Waals surface area contributed by atoms with Crippen molar-refractivity contribution in [3.8, 4) is 0 Å². The molecule has 1 aromatic carbocycles. The number of nitrogens with one attached hydrogen (secondary N) is 1. The number of benzene rings is 1. The lowest BCUT2D eigenvalue weighted by Crippen LogP contribution is -2.39. The van der Waals surface area contributed by atoms with Gasteiger partial charge in [0.2, 0.25) is 5.91 Å². The van der Waals surface area contributed by atoms with Gasteiger partial charge in [-0.05, 0) is 31.9 Å². The topological polar surface area (TPSA) is 58.4 Å². The zero-order chi connectivity index (χ0) is 15.0. The van der Waals surface area contributed by atoms with E-state index in [0.29, 0.717) is 0 Å². The first kappa shape index (κ1) is 16.5. The van der Waals surface area contributed by atoms with E-state index in [1.807, 2.05) is 32.0 Å². The van der Waals surface area contributed by atoms with Crippen molar-refractivity contribution in [2.24, 2.45) is 11.7 Å². The van der Waals surface area contributed by atoms with E-state index < -0.39 is 0 Å². The van der Waals surface area contributed by atoms with Gasteiger partial charge in [0.05, 0.1) is 0 Å². The van der Waals surface area contributed by atoms with Crippen LogP contribution in [0.1, 0.15) is 26.7 Å². The van der Waals surface area contributed by atoms with E-state index in [4.69, 9.17) is 5.73 Å². The van der Waals surface area contributed by atoms with Gasteiger partial charge in [-0.1, -0.05) is 25.1 Å². The van der Waals surface area contributed by atoms with Crippen molar-refractivity contribution < 1.29 is 4.79 Å². The van der Waals surface area contributed by atoms with Crippen molar-refractivity contribution in [1.29, 1.82) is 0 Å². The van der Waals surface area contributed by atoms with E-state index in [1.54, 1.807) is 0 Å². The van der Waals surface area contributed by atoms with E-state index in [9.17, 15) is 4.79 Å². The van der Waals surface area contributed by atoms with Crippen molar-refractivity contribution in [2.75, 3.05) is 25.0 Å². The minimum Gasteiger partial charge on any atom is -0.375 e. The molecule has 4 nitrogen and oxygen atoms in total. The number of unbranched alkanes of at least 4 members (excludes halogenated alkanes) is 1. The van der Waals surface area contributed by atoms with Crippen LogP contribution in [0.15, 0.2) is 30.3 Å². The standard InChI is InChI=1S/C16H27N3O/c1-13(14(2)17)16(20)18-11-7-8-12-19(3)15-9-5-4-6-10-15/h4-6,9-10,13-14H,7-8,11-12,17H2,1-3H3,(H,18,20). The van der Waals surface area contributed by atoms with E-state index in [0.717, 1.165) is 25.9 Å². The predicted molar refractivity (Wildman–Crippen MR) is 84.8 cm³/mol. The van der Waals surface area contributed by atoms with Gasteiger partial charge in [0.1, 0.15) is 0 Å². The molecule has 0 heterocycles. The molecule has 4 heteroatoms. The van der Waals surface area contributed by atoms with E-state index in [-0.39, 0.29) is 17.9 Å². The first-order valence-electron chi connectivity index (χ1n) is 7.32. The highest BCUT2D eigenvalue weighted by molar-refractivity contribution is 5.78. The highest BCUT2D eigenvalue weighted by Gasteiger charge is 2.15. The molecular formula is C16H27N3O. The molecule has 0 bridgehead atoms. The summed E-state index contributed by atoms with van der Waals surface area (Å²) in [7, 11) is 2.09. The smallest absolute Gasteiger partial charge is 0.224 e. The molecule has 20 heavy (non-hydrogen) atoms. The Hall–Kier alpha value is -1.55. The molecule has 112 valence electrons. The van der Waals surface area contributed by atoms with E-state index in [1.165, 1.54) is 5.69 Å². The maximum Gasteiger partial charge on any atom is 0.224 e.